The first-order valence-corrected chi connectivity index (χ1v) is 10.6. The van der Waals surface area contributed by atoms with Gasteiger partial charge in [-0.05, 0) is 55.0 Å². The Labute approximate surface area is 178 Å². The number of rotatable bonds is 4. The van der Waals surface area contributed by atoms with Crippen molar-refractivity contribution in [1.82, 2.24) is 5.01 Å². The van der Waals surface area contributed by atoms with Crippen molar-refractivity contribution >= 4 is 21.6 Å². The van der Waals surface area contributed by atoms with Gasteiger partial charge in [-0.25, -0.2) is 5.01 Å². The van der Waals surface area contributed by atoms with Crippen LogP contribution in [0.25, 0.3) is 0 Å². The summed E-state index contributed by atoms with van der Waals surface area (Å²) in [6, 6.07) is 24.8. The molecule has 2 aliphatic rings. The number of fused-ring (bicyclic) bond motifs is 3. The average Bonchev–Trinajstić information content (AvgIpc) is 3.21. The van der Waals surface area contributed by atoms with Crippen LogP contribution in [0.5, 0.6) is 11.5 Å². The Kier molecular flexibility index (Phi) is 4.76. The zero-order valence-electron chi connectivity index (χ0n) is 16.1. The van der Waals surface area contributed by atoms with Gasteiger partial charge in [0.25, 0.3) is 0 Å². The Morgan fingerprint density at radius 2 is 1.86 bits per heavy atom. The molecule has 0 fully saturated rings. The minimum absolute atomic E-state index is 0.142. The first kappa shape index (κ1) is 18.3. The second-order valence-electron chi connectivity index (χ2n) is 7.17. The van der Waals surface area contributed by atoms with Crippen molar-refractivity contribution in [2.45, 2.75) is 25.6 Å². The van der Waals surface area contributed by atoms with E-state index < -0.39 is 0 Å². The van der Waals surface area contributed by atoms with Crippen LogP contribution in [0.15, 0.2) is 82.4 Å². The van der Waals surface area contributed by atoms with Crippen molar-refractivity contribution in [1.29, 1.82) is 0 Å². The molecule has 0 N–H and O–H groups in total. The summed E-state index contributed by atoms with van der Waals surface area (Å²) in [7, 11) is 0. The van der Waals surface area contributed by atoms with E-state index in [9.17, 15) is 0 Å². The molecule has 2 atom stereocenters. The van der Waals surface area contributed by atoms with Gasteiger partial charge in [-0.15, -0.1) is 0 Å². The van der Waals surface area contributed by atoms with E-state index in [2.05, 4.69) is 63.4 Å². The number of hydrazone groups is 1. The topological polar surface area (TPSA) is 34.1 Å². The standard InChI is InChI=1S/C24H21BrN2O2/c1-2-28-19-11-8-17(9-12-19)24-27-22(20-14-18(25)10-13-23(20)29-24)15-21(26-27)16-6-4-3-5-7-16/h3-14,22,24H,2,15H2,1H3/t22-,24+/m1/s1. The van der Waals surface area contributed by atoms with Crippen LogP contribution in [-0.4, -0.2) is 17.3 Å². The molecule has 29 heavy (non-hydrogen) atoms. The molecule has 0 spiro atoms. The number of nitrogens with zero attached hydrogens (tertiary/aromatic N) is 2. The first-order valence-electron chi connectivity index (χ1n) is 9.83. The highest BCUT2D eigenvalue weighted by Crippen LogP contribution is 2.48. The molecule has 0 bridgehead atoms. The smallest absolute Gasteiger partial charge is 0.213 e. The lowest BCUT2D eigenvalue weighted by Crippen LogP contribution is -2.33. The van der Waals surface area contributed by atoms with E-state index in [0.717, 1.165) is 44.8 Å². The number of benzene rings is 3. The van der Waals surface area contributed by atoms with E-state index in [-0.39, 0.29) is 12.3 Å². The van der Waals surface area contributed by atoms with Crippen LogP contribution in [-0.2, 0) is 0 Å². The Morgan fingerprint density at radius 3 is 2.62 bits per heavy atom. The third-order valence-electron chi connectivity index (χ3n) is 5.34. The maximum atomic E-state index is 6.43. The SMILES string of the molecule is CCOc1ccc([C@@H]2Oc3ccc(Br)cc3[C@H]3CC(c4ccccc4)=NN32)cc1. The molecule has 0 saturated carbocycles. The van der Waals surface area contributed by atoms with Crippen molar-refractivity contribution in [2.75, 3.05) is 6.61 Å². The fourth-order valence-electron chi connectivity index (χ4n) is 3.98. The molecule has 2 aliphatic heterocycles. The van der Waals surface area contributed by atoms with Gasteiger partial charge in [0.2, 0.25) is 6.23 Å². The molecule has 5 heteroatoms. The largest absolute Gasteiger partial charge is 0.494 e. The third-order valence-corrected chi connectivity index (χ3v) is 5.83. The molecule has 0 aliphatic carbocycles. The summed E-state index contributed by atoms with van der Waals surface area (Å²) in [6.07, 6.45) is 0.579. The maximum Gasteiger partial charge on any atom is 0.213 e. The van der Waals surface area contributed by atoms with E-state index in [1.54, 1.807) is 0 Å². The summed E-state index contributed by atoms with van der Waals surface area (Å²) in [5.74, 6) is 1.78. The Balaban J connectivity index is 1.56. The van der Waals surface area contributed by atoms with Crippen LogP contribution in [0.2, 0.25) is 0 Å². The molecular formula is C24H21BrN2O2. The number of hydrogen-bond acceptors (Lipinski definition) is 4. The Hall–Kier alpha value is -2.79. The average molecular weight is 449 g/mol. The van der Waals surface area contributed by atoms with Gasteiger partial charge in [0.1, 0.15) is 11.5 Å². The van der Waals surface area contributed by atoms with E-state index in [1.165, 1.54) is 0 Å². The number of hydrogen-bond donors (Lipinski definition) is 0. The number of ether oxygens (including phenoxy) is 2. The summed E-state index contributed by atoms with van der Waals surface area (Å²) < 4.78 is 13.1. The Morgan fingerprint density at radius 1 is 1.07 bits per heavy atom. The lowest BCUT2D eigenvalue weighted by molar-refractivity contribution is -0.0191. The highest BCUT2D eigenvalue weighted by atomic mass is 79.9. The van der Waals surface area contributed by atoms with E-state index >= 15 is 0 Å². The Bertz CT molecular complexity index is 1050. The van der Waals surface area contributed by atoms with Gasteiger partial charge in [0.15, 0.2) is 0 Å². The number of halogens is 1. The van der Waals surface area contributed by atoms with Crippen molar-refractivity contribution in [3.8, 4) is 11.5 Å². The lowest BCUT2D eigenvalue weighted by atomic mass is 9.96. The van der Waals surface area contributed by atoms with Crippen LogP contribution < -0.4 is 9.47 Å². The zero-order valence-corrected chi connectivity index (χ0v) is 17.7. The predicted molar refractivity (Wildman–Crippen MR) is 117 cm³/mol. The van der Waals surface area contributed by atoms with Crippen LogP contribution in [0.3, 0.4) is 0 Å². The van der Waals surface area contributed by atoms with Gasteiger partial charge < -0.3 is 9.47 Å². The minimum atomic E-state index is -0.273. The summed E-state index contributed by atoms with van der Waals surface area (Å²) in [6.45, 7) is 2.64. The van der Waals surface area contributed by atoms with Crippen LogP contribution in [0.4, 0.5) is 0 Å². The summed E-state index contributed by atoms with van der Waals surface area (Å²) in [4.78, 5) is 0. The second kappa shape index (κ2) is 7.56. The van der Waals surface area contributed by atoms with Gasteiger partial charge in [-0.2, -0.15) is 5.10 Å². The van der Waals surface area contributed by atoms with Crippen molar-refractivity contribution < 1.29 is 9.47 Å². The molecule has 0 amide bonds. The third kappa shape index (κ3) is 3.40. The van der Waals surface area contributed by atoms with Gasteiger partial charge in [-0.1, -0.05) is 46.3 Å². The predicted octanol–water partition coefficient (Wildman–Crippen LogP) is 6.09. The molecule has 0 unspecified atom stereocenters. The molecule has 146 valence electrons. The highest BCUT2D eigenvalue weighted by molar-refractivity contribution is 9.10. The maximum absolute atomic E-state index is 6.43. The van der Waals surface area contributed by atoms with Crippen LogP contribution in [0, 0.1) is 0 Å². The molecule has 2 heterocycles. The van der Waals surface area contributed by atoms with Gasteiger partial charge in [0.05, 0.1) is 18.4 Å². The van der Waals surface area contributed by atoms with Crippen molar-refractivity contribution in [2.24, 2.45) is 5.10 Å². The van der Waals surface area contributed by atoms with Crippen LogP contribution in [0.1, 0.15) is 42.3 Å². The molecule has 0 radical (unpaired) electrons. The summed E-state index contributed by atoms with van der Waals surface area (Å²) >= 11 is 3.60. The van der Waals surface area contributed by atoms with Gasteiger partial charge >= 0.3 is 0 Å². The van der Waals surface area contributed by atoms with Gasteiger partial charge in [0, 0.05) is 22.0 Å². The molecular weight excluding hydrogens is 428 g/mol. The highest BCUT2D eigenvalue weighted by Gasteiger charge is 2.41. The van der Waals surface area contributed by atoms with Gasteiger partial charge in [-0.3, -0.25) is 0 Å². The fraction of sp³-hybridized carbons (Fsp3) is 0.208. The minimum Gasteiger partial charge on any atom is -0.494 e. The first-order chi connectivity index (χ1) is 14.2. The van der Waals surface area contributed by atoms with Crippen molar-refractivity contribution in [3.63, 3.8) is 0 Å². The molecule has 0 saturated heterocycles. The lowest BCUT2D eigenvalue weighted by Gasteiger charge is -2.38. The quantitative estimate of drug-likeness (QED) is 0.484. The molecule has 4 nitrogen and oxygen atoms in total. The molecule has 0 aromatic heterocycles. The molecule has 3 aromatic carbocycles. The molecule has 3 aromatic rings. The van der Waals surface area contributed by atoms with E-state index in [4.69, 9.17) is 14.6 Å². The van der Waals surface area contributed by atoms with E-state index in [1.807, 2.05) is 37.3 Å². The van der Waals surface area contributed by atoms with Crippen molar-refractivity contribution in [3.05, 3.63) is 94.0 Å². The van der Waals surface area contributed by atoms with Crippen LogP contribution >= 0.6 is 15.9 Å². The second-order valence-corrected chi connectivity index (χ2v) is 8.08. The normalized spacial score (nSPS) is 19.8. The van der Waals surface area contributed by atoms with E-state index in [0.29, 0.717) is 6.61 Å². The zero-order chi connectivity index (χ0) is 19.8. The fourth-order valence-corrected chi connectivity index (χ4v) is 4.36. The summed E-state index contributed by atoms with van der Waals surface area (Å²) in [5, 5.41) is 7.11. The monoisotopic (exact) mass is 448 g/mol. The summed E-state index contributed by atoms with van der Waals surface area (Å²) in [5.41, 5.74) is 4.47. The molecule has 5 rings (SSSR count).